The van der Waals surface area contributed by atoms with E-state index in [0.717, 1.165) is 30.3 Å². The van der Waals surface area contributed by atoms with Crippen molar-refractivity contribution >= 4 is 26.2 Å². The summed E-state index contributed by atoms with van der Waals surface area (Å²) in [4.78, 5) is 34.3. The standard InChI is InChI=1S/C17H30O6Si/c1-5-21-15(18)12-13-16(19)22-14-10-9-11-17(20)23-24(6-2,7-3)8-4/h12-13H,5-11,14H2,1-4H3/b13-12-. The van der Waals surface area contributed by atoms with Crippen LogP contribution in [0, 0.1) is 0 Å². The lowest BCUT2D eigenvalue weighted by atomic mass is 10.2. The van der Waals surface area contributed by atoms with Gasteiger partial charge in [-0.2, -0.15) is 0 Å². The molecule has 0 aliphatic carbocycles. The molecule has 0 aromatic heterocycles. The first kappa shape index (κ1) is 22.4. The van der Waals surface area contributed by atoms with Crippen LogP contribution in [0.25, 0.3) is 0 Å². The summed E-state index contributed by atoms with van der Waals surface area (Å²) in [7, 11) is -1.88. The smallest absolute Gasteiger partial charge is 0.331 e. The van der Waals surface area contributed by atoms with Gasteiger partial charge in [0.25, 0.3) is 14.3 Å². The molecular weight excluding hydrogens is 328 g/mol. The molecule has 0 spiro atoms. The number of hydrogen-bond acceptors (Lipinski definition) is 6. The molecule has 0 amide bonds. The van der Waals surface area contributed by atoms with Crippen molar-refractivity contribution in [2.45, 2.75) is 65.1 Å². The fourth-order valence-corrected chi connectivity index (χ4v) is 4.70. The second kappa shape index (κ2) is 12.7. The van der Waals surface area contributed by atoms with Gasteiger partial charge in [-0.3, -0.25) is 4.79 Å². The number of carbonyl (C=O) groups excluding carboxylic acids is 3. The van der Waals surface area contributed by atoms with Crippen molar-refractivity contribution in [2.24, 2.45) is 0 Å². The van der Waals surface area contributed by atoms with Gasteiger partial charge in [-0.15, -0.1) is 0 Å². The average molecular weight is 359 g/mol. The number of esters is 2. The van der Waals surface area contributed by atoms with E-state index in [1.807, 2.05) is 0 Å². The van der Waals surface area contributed by atoms with Crippen molar-refractivity contribution < 1.29 is 28.3 Å². The average Bonchev–Trinajstić information content (AvgIpc) is 2.58. The van der Waals surface area contributed by atoms with E-state index < -0.39 is 20.3 Å². The Morgan fingerprint density at radius 1 is 0.833 bits per heavy atom. The second-order valence-corrected chi connectivity index (χ2v) is 10.1. The van der Waals surface area contributed by atoms with Gasteiger partial charge in [0.05, 0.1) is 13.2 Å². The molecule has 0 aliphatic heterocycles. The first-order chi connectivity index (χ1) is 11.4. The lowest BCUT2D eigenvalue weighted by Crippen LogP contribution is -2.38. The summed E-state index contributed by atoms with van der Waals surface area (Å²) in [6, 6.07) is 2.82. The predicted molar refractivity (Wildman–Crippen MR) is 93.9 cm³/mol. The van der Waals surface area contributed by atoms with Gasteiger partial charge >= 0.3 is 11.9 Å². The lowest BCUT2D eigenvalue weighted by molar-refractivity contribution is -0.140. The van der Waals surface area contributed by atoms with E-state index in [-0.39, 0.29) is 19.2 Å². The normalized spacial score (nSPS) is 11.3. The van der Waals surface area contributed by atoms with E-state index in [4.69, 9.17) is 9.16 Å². The minimum Gasteiger partial charge on any atom is -0.519 e. The van der Waals surface area contributed by atoms with Gasteiger partial charge in [0.1, 0.15) is 0 Å². The van der Waals surface area contributed by atoms with Crippen molar-refractivity contribution in [1.29, 1.82) is 0 Å². The summed E-state index contributed by atoms with van der Waals surface area (Å²) in [5.41, 5.74) is 0. The minimum atomic E-state index is -1.88. The van der Waals surface area contributed by atoms with Gasteiger partial charge in [-0.25, -0.2) is 9.59 Å². The van der Waals surface area contributed by atoms with Gasteiger partial charge in [0.2, 0.25) is 0 Å². The molecule has 0 rings (SSSR count). The number of carbonyl (C=O) groups is 3. The highest BCUT2D eigenvalue weighted by molar-refractivity contribution is 6.74. The van der Waals surface area contributed by atoms with Crippen LogP contribution in [0.3, 0.4) is 0 Å². The van der Waals surface area contributed by atoms with E-state index >= 15 is 0 Å². The van der Waals surface area contributed by atoms with E-state index in [9.17, 15) is 14.4 Å². The topological polar surface area (TPSA) is 78.9 Å². The molecular formula is C17H30O6Si. The highest BCUT2D eigenvalue weighted by atomic mass is 28.4. The number of ether oxygens (including phenoxy) is 2. The van der Waals surface area contributed by atoms with Crippen molar-refractivity contribution in [3.8, 4) is 0 Å². The van der Waals surface area contributed by atoms with Crippen LogP contribution in [0.1, 0.15) is 47.0 Å². The summed E-state index contributed by atoms with van der Waals surface area (Å²) < 4.78 is 15.3. The maximum atomic E-state index is 11.9. The summed E-state index contributed by atoms with van der Waals surface area (Å²) >= 11 is 0. The van der Waals surface area contributed by atoms with Crippen LogP contribution in [0.2, 0.25) is 18.1 Å². The van der Waals surface area contributed by atoms with Gasteiger partial charge in [0, 0.05) is 18.6 Å². The molecule has 24 heavy (non-hydrogen) atoms. The number of unbranched alkanes of at least 4 members (excludes halogenated alkanes) is 1. The van der Waals surface area contributed by atoms with Crippen LogP contribution in [0.15, 0.2) is 12.2 Å². The number of hydrogen-bond donors (Lipinski definition) is 0. The molecule has 0 saturated carbocycles. The lowest BCUT2D eigenvalue weighted by Gasteiger charge is -2.27. The van der Waals surface area contributed by atoms with Crippen LogP contribution in [0.5, 0.6) is 0 Å². The SMILES string of the molecule is CCOC(=O)/C=C\C(=O)OCCCCC(=O)O[Si](CC)(CC)CC. The Morgan fingerprint density at radius 3 is 1.88 bits per heavy atom. The molecule has 6 nitrogen and oxygen atoms in total. The molecule has 0 N–H and O–H groups in total. The Morgan fingerprint density at radius 2 is 1.38 bits per heavy atom. The maximum Gasteiger partial charge on any atom is 0.331 e. The van der Waals surface area contributed by atoms with Crippen molar-refractivity contribution in [3.05, 3.63) is 12.2 Å². The van der Waals surface area contributed by atoms with Gasteiger partial charge < -0.3 is 13.9 Å². The molecule has 0 bridgehead atoms. The second-order valence-electron chi connectivity index (χ2n) is 5.43. The fourth-order valence-electron chi connectivity index (χ4n) is 2.18. The molecule has 0 fully saturated rings. The molecule has 0 unspecified atom stereocenters. The summed E-state index contributed by atoms with van der Waals surface area (Å²) in [5, 5.41) is 0. The summed E-state index contributed by atoms with van der Waals surface area (Å²) in [6.07, 6.45) is 3.59. The van der Waals surface area contributed by atoms with Gasteiger partial charge in [-0.05, 0) is 37.9 Å². The molecule has 0 radical (unpaired) electrons. The highest BCUT2D eigenvalue weighted by Gasteiger charge is 2.32. The van der Waals surface area contributed by atoms with E-state index in [1.165, 1.54) is 0 Å². The Hall–Kier alpha value is -1.63. The van der Waals surface area contributed by atoms with Crippen LogP contribution in [-0.2, 0) is 28.3 Å². The van der Waals surface area contributed by atoms with E-state index in [1.54, 1.807) is 6.92 Å². The van der Waals surface area contributed by atoms with Crippen molar-refractivity contribution in [2.75, 3.05) is 13.2 Å². The van der Waals surface area contributed by atoms with Crippen LogP contribution >= 0.6 is 0 Å². The molecule has 138 valence electrons. The quantitative estimate of drug-likeness (QED) is 0.230. The van der Waals surface area contributed by atoms with Gasteiger partial charge in [-0.1, -0.05) is 20.8 Å². The Kier molecular flexibility index (Phi) is 11.9. The van der Waals surface area contributed by atoms with E-state index in [0.29, 0.717) is 19.3 Å². The van der Waals surface area contributed by atoms with Crippen LogP contribution < -0.4 is 0 Å². The third-order valence-corrected chi connectivity index (χ3v) is 8.45. The van der Waals surface area contributed by atoms with Crippen molar-refractivity contribution in [3.63, 3.8) is 0 Å². The van der Waals surface area contributed by atoms with Crippen LogP contribution in [-0.4, -0.2) is 39.4 Å². The van der Waals surface area contributed by atoms with E-state index in [2.05, 4.69) is 25.5 Å². The van der Waals surface area contributed by atoms with Crippen LogP contribution in [0.4, 0.5) is 0 Å². The Balaban J connectivity index is 3.92. The third-order valence-electron chi connectivity index (χ3n) is 3.93. The molecule has 0 atom stereocenters. The first-order valence-electron chi connectivity index (χ1n) is 8.66. The third kappa shape index (κ3) is 9.49. The van der Waals surface area contributed by atoms with Crippen molar-refractivity contribution in [1.82, 2.24) is 0 Å². The largest absolute Gasteiger partial charge is 0.519 e. The molecule has 0 saturated heterocycles. The molecule has 0 aliphatic rings. The molecule has 0 heterocycles. The minimum absolute atomic E-state index is 0.152. The zero-order chi connectivity index (χ0) is 18.4. The van der Waals surface area contributed by atoms with Gasteiger partial charge in [0.15, 0.2) is 0 Å². The summed E-state index contributed by atoms with van der Waals surface area (Å²) in [5.74, 6) is -1.33. The maximum absolute atomic E-state index is 11.9. The number of rotatable bonds is 12. The molecule has 7 heteroatoms. The summed E-state index contributed by atoms with van der Waals surface area (Å²) in [6.45, 7) is 8.38. The molecule has 0 aromatic carbocycles. The zero-order valence-corrected chi connectivity index (χ0v) is 16.3. The highest BCUT2D eigenvalue weighted by Crippen LogP contribution is 2.22. The Labute approximate surface area is 145 Å². The Bertz CT molecular complexity index is 421. The monoisotopic (exact) mass is 358 g/mol. The zero-order valence-electron chi connectivity index (χ0n) is 15.3. The first-order valence-corrected chi connectivity index (χ1v) is 11.2. The fraction of sp³-hybridized carbons (Fsp3) is 0.706. The predicted octanol–water partition coefficient (Wildman–Crippen LogP) is 3.37. The molecule has 0 aromatic rings.